The average molecular weight is 333 g/mol. The van der Waals surface area contributed by atoms with E-state index in [2.05, 4.69) is 15.1 Å². The lowest BCUT2D eigenvalue weighted by atomic mass is 9.99. The molecule has 3 aromatic rings. The monoisotopic (exact) mass is 332 g/mol. The standard InChI is InChI=1S/C16H16N4O2.ClH/c17-16(9-3-4-10-16)15-19-14(22-20-15)8-7-13-18-11-5-1-2-6-12(11)21-13;/h1-2,5-8H,3-4,9-10,17H2;1H/b8-7+;. The zero-order valence-corrected chi connectivity index (χ0v) is 13.3. The van der Waals surface area contributed by atoms with Crippen LogP contribution in [0.2, 0.25) is 0 Å². The van der Waals surface area contributed by atoms with E-state index < -0.39 is 5.54 Å². The van der Waals surface area contributed by atoms with E-state index in [9.17, 15) is 0 Å². The van der Waals surface area contributed by atoms with E-state index in [1.807, 2.05) is 24.3 Å². The zero-order chi connectivity index (χ0) is 15.0. The van der Waals surface area contributed by atoms with Gasteiger partial charge in [-0.2, -0.15) is 4.98 Å². The van der Waals surface area contributed by atoms with Crippen LogP contribution in [-0.2, 0) is 5.54 Å². The van der Waals surface area contributed by atoms with Gasteiger partial charge in [-0.05, 0) is 25.0 Å². The Bertz CT molecular complexity index is 800. The first-order chi connectivity index (χ1) is 10.7. The second kappa shape index (κ2) is 6.14. The number of hydrogen-bond acceptors (Lipinski definition) is 6. The fraction of sp³-hybridized carbons (Fsp3) is 0.312. The molecule has 4 rings (SSSR count). The molecule has 7 heteroatoms. The van der Waals surface area contributed by atoms with Gasteiger partial charge in [0.2, 0.25) is 5.89 Å². The summed E-state index contributed by atoms with van der Waals surface area (Å²) in [6.07, 6.45) is 7.44. The van der Waals surface area contributed by atoms with Crippen LogP contribution in [0, 0.1) is 0 Å². The van der Waals surface area contributed by atoms with E-state index in [0.29, 0.717) is 17.6 Å². The van der Waals surface area contributed by atoms with Crippen molar-refractivity contribution in [2.24, 2.45) is 5.73 Å². The van der Waals surface area contributed by atoms with Crippen molar-refractivity contribution in [1.82, 2.24) is 15.1 Å². The third kappa shape index (κ3) is 3.00. The maximum Gasteiger partial charge on any atom is 0.250 e. The molecule has 0 unspecified atom stereocenters. The molecule has 2 heterocycles. The molecule has 1 aliphatic rings. The summed E-state index contributed by atoms with van der Waals surface area (Å²) in [4.78, 5) is 8.73. The fourth-order valence-corrected chi connectivity index (χ4v) is 2.84. The van der Waals surface area contributed by atoms with Crippen LogP contribution >= 0.6 is 12.4 Å². The van der Waals surface area contributed by atoms with Crippen molar-refractivity contribution >= 4 is 35.7 Å². The highest BCUT2D eigenvalue weighted by Gasteiger charge is 2.35. The lowest BCUT2D eigenvalue weighted by Crippen LogP contribution is -2.34. The fourth-order valence-electron chi connectivity index (χ4n) is 2.84. The van der Waals surface area contributed by atoms with Crippen molar-refractivity contribution < 1.29 is 8.94 Å². The number of halogens is 1. The number of nitrogens with zero attached hydrogens (tertiary/aromatic N) is 3. The summed E-state index contributed by atoms with van der Waals surface area (Å²) in [5.41, 5.74) is 7.44. The molecule has 0 saturated heterocycles. The van der Waals surface area contributed by atoms with Gasteiger partial charge in [0.25, 0.3) is 5.89 Å². The van der Waals surface area contributed by atoms with Crippen LogP contribution in [0.4, 0.5) is 0 Å². The van der Waals surface area contributed by atoms with Crippen LogP contribution in [0.15, 0.2) is 33.2 Å². The summed E-state index contributed by atoms with van der Waals surface area (Å²) in [5, 5.41) is 4.01. The Hall–Kier alpha value is -2.18. The van der Waals surface area contributed by atoms with Gasteiger partial charge >= 0.3 is 0 Å². The van der Waals surface area contributed by atoms with Gasteiger partial charge in [0.05, 0.1) is 5.54 Å². The first kappa shape index (κ1) is 15.7. The first-order valence-electron chi connectivity index (χ1n) is 7.40. The number of para-hydroxylation sites is 2. The first-order valence-corrected chi connectivity index (χ1v) is 7.40. The highest BCUT2D eigenvalue weighted by molar-refractivity contribution is 5.85. The zero-order valence-electron chi connectivity index (χ0n) is 12.4. The number of aromatic nitrogens is 3. The molecule has 120 valence electrons. The van der Waals surface area contributed by atoms with Crippen LogP contribution in [0.1, 0.15) is 43.3 Å². The topological polar surface area (TPSA) is 91.0 Å². The molecule has 23 heavy (non-hydrogen) atoms. The van der Waals surface area contributed by atoms with Gasteiger partial charge < -0.3 is 14.7 Å². The summed E-state index contributed by atoms with van der Waals surface area (Å²) in [6.45, 7) is 0. The number of benzene rings is 1. The quantitative estimate of drug-likeness (QED) is 0.788. The minimum atomic E-state index is -0.437. The predicted octanol–water partition coefficient (Wildman–Crippen LogP) is 3.53. The van der Waals surface area contributed by atoms with Crippen molar-refractivity contribution in [3.63, 3.8) is 0 Å². The van der Waals surface area contributed by atoms with Gasteiger partial charge in [-0.1, -0.05) is 30.1 Å². The number of oxazole rings is 1. The Morgan fingerprint density at radius 1 is 1.04 bits per heavy atom. The molecular formula is C16H17ClN4O2. The molecule has 1 saturated carbocycles. The average Bonchev–Trinajstić information content (AvgIpc) is 3.24. The smallest absolute Gasteiger partial charge is 0.250 e. The Balaban J connectivity index is 0.00000156. The highest BCUT2D eigenvalue weighted by Crippen LogP contribution is 2.34. The lowest BCUT2D eigenvalue weighted by molar-refractivity contribution is 0.364. The van der Waals surface area contributed by atoms with E-state index in [0.717, 1.165) is 36.8 Å². The Morgan fingerprint density at radius 3 is 2.57 bits per heavy atom. The number of nitrogens with two attached hydrogens (primary N) is 1. The van der Waals surface area contributed by atoms with E-state index in [4.69, 9.17) is 14.7 Å². The molecule has 2 N–H and O–H groups in total. The van der Waals surface area contributed by atoms with Crippen molar-refractivity contribution in [2.75, 3.05) is 0 Å². The SMILES string of the molecule is Cl.NC1(c2noc(/C=C/c3nc4ccccc4o3)n2)CCCC1. The van der Waals surface area contributed by atoms with Gasteiger partial charge in [-0.3, -0.25) is 0 Å². The number of rotatable bonds is 3. The molecule has 1 fully saturated rings. The molecule has 6 nitrogen and oxygen atoms in total. The predicted molar refractivity (Wildman–Crippen MR) is 88.8 cm³/mol. The lowest BCUT2D eigenvalue weighted by Gasteiger charge is -2.17. The molecule has 0 radical (unpaired) electrons. The van der Waals surface area contributed by atoms with Crippen molar-refractivity contribution in [2.45, 2.75) is 31.2 Å². The molecule has 0 bridgehead atoms. The highest BCUT2D eigenvalue weighted by atomic mass is 35.5. The summed E-state index contributed by atoms with van der Waals surface area (Å²) in [5.74, 6) is 1.50. The maximum absolute atomic E-state index is 6.31. The third-order valence-electron chi connectivity index (χ3n) is 4.06. The summed E-state index contributed by atoms with van der Waals surface area (Å²) < 4.78 is 10.8. The summed E-state index contributed by atoms with van der Waals surface area (Å²) in [6, 6.07) is 7.61. The minimum absolute atomic E-state index is 0. The van der Waals surface area contributed by atoms with Gasteiger partial charge in [-0.15, -0.1) is 12.4 Å². The van der Waals surface area contributed by atoms with Crippen molar-refractivity contribution in [3.05, 3.63) is 41.9 Å². The Labute approximate surface area is 139 Å². The summed E-state index contributed by atoms with van der Waals surface area (Å²) >= 11 is 0. The molecule has 0 atom stereocenters. The van der Waals surface area contributed by atoms with Crippen LogP contribution in [0.25, 0.3) is 23.3 Å². The van der Waals surface area contributed by atoms with E-state index >= 15 is 0 Å². The van der Waals surface area contributed by atoms with Crippen molar-refractivity contribution in [3.8, 4) is 0 Å². The van der Waals surface area contributed by atoms with Crippen LogP contribution in [0.3, 0.4) is 0 Å². The molecule has 0 amide bonds. The molecule has 1 aromatic carbocycles. The molecule has 1 aliphatic carbocycles. The molecular weight excluding hydrogens is 316 g/mol. The minimum Gasteiger partial charge on any atom is -0.437 e. The van der Waals surface area contributed by atoms with E-state index in [1.165, 1.54) is 0 Å². The second-order valence-electron chi connectivity index (χ2n) is 5.67. The van der Waals surface area contributed by atoms with Crippen LogP contribution < -0.4 is 5.73 Å². The van der Waals surface area contributed by atoms with E-state index in [1.54, 1.807) is 12.2 Å². The van der Waals surface area contributed by atoms with Gasteiger partial charge in [0.1, 0.15) is 5.52 Å². The Morgan fingerprint density at radius 2 is 1.78 bits per heavy atom. The second-order valence-corrected chi connectivity index (χ2v) is 5.67. The van der Waals surface area contributed by atoms with Crippen LogP contribution in [-0.4, -0.2) is 15.1 Å². The van der Waals surface area contributed by atoms with Gasteiger partial charge in [0, 0.05) is 12.2 Å². The number of fused-ring (bicyclic) bond motifs is 1. The molecule has 0 aliphatic heterocycles. The van der Waals surface area contributed by atoms with Crippen LogP contribution in [0.5, 0.6) is 0 Å². The van der Waals surface area contributed by atoms with E-state index in [-0.39, 0.29) is 12.4 Å². The number of hydrogen-bond donors (Lipinski definition) is 1. The molecule has 2 aromatic heterocycles. The van der Waals surface area contributed by atoms with Gasteiger partial charge in [0.15, 0.2) is 11.4 Å². The molecule has 0 spiro atoms. The summed E-state index contributed by atoms with van der Waals surface area (Å²) in [7, 11) is 0. The Kier molecular flexibility index (Phi) is 4.19. The third-order valence-corrected chi connectivity index (χ3v) is 4.06. The van der Waals surface area contributed by atoms with Crippen molar-refractivity contribution in [1.29, 1.82) is 0 Å². The largest absolute Gasteiger partial charge is 0.437 e. The normalized spacial score (nSPS) is 16.9. The maximum atomic E-state index is 6.31. The van der Waals surface area contributed by atoms with Gasteiger partial charge in [-0.25, -0.2) is 4.98 Å².